The number of para-hydroxylation sites is 1. The molecule has 0 aliphatic carbocycles. The minimum Gasteiger partial charge on any atom is -0.465 e. The average molecular weight is 518 g/mol. The van der Waals surface area contributed by atoms with Crippen LogP contribution < -0.4 is 11.1 Å². The molecule has 2 atom stereocenters. The highest BCUT2D eigenvalue weighted by molar-refractivity contribution is 8.14. The molecule has 1 amide bonds. The van der Waals surface area contributed by atoms with Gasteiger partial charge in [-0.05, 0) is 51.2 Å². The van der Waals surface area contributed by atoms with Crippen molar-refractivity contribution in [3.8, 4) is 0 Å². The first-order valence-electron chi connectivity index (χ1n) is 12.2. The van der Waals surface area contributed by atoms with Crippen LogP contribution in [0.1, 0.15) is 50.9 Å². The average Bonchev–Trinajstić information content (AvgIpc) is 3.20. The Morgan fingerprint density at radius 3 is 2.53 bits per heavy atom. The molecule has 3 rings (SSSR count). The fourth-order valence-corrected chi connectivity index (χ4v) is 5.43. The van der Waals surface area contributed by atoms with Crippen LogP contribution in [0.2, 0.25) is 0 Å². The van der Waals surface area contributed by atoms with Gasteiger partial charge >= 0.3 is 5.97 Å². The van der Waals surface area contributed by atoms with Crippen LogP contribution in [0, 0.1) is 5.92 Å². The van der Waals surface area contributed by atoms with Crippen molar-refractivity contribution >= 4 is 45.6 Å². The van der Waals surface area contributed by atoms with E-state index in [1.807, 2.05) is 18.2 Å². The Hall–Kier alpha value is -2.69. The number of esters is 1. The van der Waals surface area contributed by atoms with Crippen LogP contribution in [0.5, 0.6) is 0 Å². The number of rotatable bonds is 9. The molecule has 0 bridgehead atoms. The zero-order valence-corrected chi connectivity index (χ0v) is 22.1. The van der Waals surface area contributed by atoms with Crippen LogP contribution in [0.25, 0.3) is 10.9 Å². The molecule has 10 heteroatoms. The summed E-state index contributed by atoms with van der Waals surface area (Å²) in [6.45, 7) is 7.76. The lowest BCUT2D eigenvalue weighted by Crippen LogP contribution is -2.55. The van der Waals surface area contributed by atoms with E-state index in [0.717, 1.165) is 22.7 Å². The first-order valence-corrected chi connectivity index (χ1v) is 13.1. The Morgan fingerprint density at radius 1 is 1.22 bits per heavy atom. The third kappa shape index (κ3) is 6.54. The van der Waals surface area contributed by atoms with Gasteiger partial charge < -0.3 is 20.5 Å². The smallest absolute Gasteiger partial charge is 0.323 e. The molecule has 1 aromatic carbocycles. The van der Waals surface area contributed by atoms with E-state index in [9.17, 15) is 19.2 Å². The molecule has 0 spiro atoms. The van der Waals surface area contributed by atoms with Crippen molar-refractivity contribution < 1.29 is 28.7 Å². The van der Waals surface area contributed by atoms with Crippen molar-refractivity contribution in [1.82, 2.24) is 9.88 Å². The Kier molecular flexibility index (Phi) is 9.32. The molecular weight excluding hydrogens is 482 g/mol. The quantitative estimate of drug-likeness (QED) is 0.486. The van der Waals surface area contributed by atoms with Crippen molar-refractivity contribution in [2.45, 2.75) is 63.8 Å². The molecule has 1 fully saturated rings. The van der Waals surface area contributed by atoms with Gasteiger partial charge in [0, 0.05) is 38.1 Å². The first kappa shape index (κ1) is 27.9. The van der Waals surface area contributed by atoms with Gasteiger partial charge in [0.25, 0.3) is 5.91 Å². The number of carbonyl (C=O) groups is 4. The van der Waals surface area contributed by atoms with Gasteiger partial charge in [-0.1, -0.05) is 30.0 Å². The molecule has 1 aromatic heterocycles. The summed E-state index contributed by atoms with van der Waals surface area (Å²) in [5.74, 6) is -1.21. The third-order valence-corrected chi connectivity index (χ3v) is 7.44. The highest BCUT2D eigenvalue weighted by Gasteiger charge is 2.38. The van der Waals surface area contributed by atoms with E-state index < -0.39 is 22.8 Å². The van der Waals surface area contributed by atoms with E-state index in [2.05, 4.69) is 5.32 Å². The zero-order chi connectivity index (χ0) is 26.5. The molecule has 1 aliphatic rings. The monoisotopic (exact) mass is 517 g/mol. The fourth-order valence-electron chi connectivity index (χ4n) is 4.45. The van der Waals surface area contributed by atoms with Crippen LogP contribution in [-0.2, 0) is 30.3 Å². The van der Waals surface area contributed by atoms with Gasteiger partial charge in [0.2, 0.25) is 5.91 Å². The second-order valence-electron chi connectivity index (χ2n) is 9.50. The van der Waals surface area contributed by atoms with E-state index in [1.165, 1.54) is 11.5 Å². The lowest BCUT2D eigenvalue weighted by atomic mass is 9.94. The summed E-state index contributed by atoms with van der Waals surface area (Å²) in [5, 5.41) is 2.93. The molecule has 2 heterocycles. The summed E-state index contributed by atoms with van der Waals surface area (Å²) in [6.07, 6.45) is 3.23. The molecule has 1 saturated heterocycles. The number of hydrogen-bond acceptors (Lipinski definition) is 8. The van der Waals surface area contributed by atoms with Gasteiger partial charge in [0.05, 0.1) is 17.4 Å². The predicted molar refractivity (Wildman–Crippen MR) is 139 cm³/mol. The van der Waals surface area contributed by atoms with Gasteiger partial charge in [-0.2, -0.15) is 0 Å². The van der Waals surface area contributed by atoms with Crippen molar-refractivity contribution in [2.24, 2.45) is 11.7 Å². The number of amides is 1. The first-order chi connectivity index (χ1) is 17.0. The summed E-state index contributed by atoms with van der Waals surface area (Å²) >= 11 is 1.00. The largest absolute Gasteiger partial charge is 0.465 e. The van der Waals surface area contributed by atoms with E-state index in [4.69, 9.17) is 15.2 Å². The third-order valence-electron chi connectivity index (χ3n) is 6.26. The van der Waals surface area contributed by atoms with Crippen molar-refractivity contribution in [2.75, 3.05) is 19.8 Å². The number of thioether (sulfide) groups is 1. The maximum atomic E-state index is 13.7. The molecule has 0 radical (unpaired) electrons. The number of nitrogens with one attached hydrogen (secondary N) is 1. The molecule has 2 aromatic rings. The second-order valence-corrected chi connectivity index (χ2v) is 10.8. The van der Waals surface area contributed by atoms with Crippen LogP contribution in [0.3, 0.4) is 0 Å². The molecule has 9 nitrogen and oxygen atoms in total. The van der Waals surface area contributed by atoms with Crippen LogP contribution in [-0.4, -0.2) is 64.1 Å². The molecular formula is C26H35N3O6S. The number of nitrogens with two attached hydrogens (primary N) is 1. The second kappa shape index (κ2) is 12.0. The molecule has 1 aliphatic heterocycles. The molecule has 196 valence electrons. The van der Waals surface area contributed by atoms with Crippen molar-refractivity contribution in [3.63, 3.8) is 0 Å². The van der Waals surface area contributed by atoms with E-state index in [1.54, 1.807) is 33.0 Å². The molecule has 3 N–H and O–H groups in total. The van der Waals surface area contributed by atoms with E-state index >= 15 is 0 Å². The maximum Gasteiger partial charge on any atom is 0.323 e. The Balaban J connectivity index is 1.85. The molecule has 0 unspecified atom stereocenters. The lowest BCUT2D eigenvalue weighted by Gasteiger charge is -2.32. The van der Waals surface area contributed by atoms with Gasteiger partial charge in [-0.15, -0.1) is 0 Å². The number of carbonyl (C=O) groups excluding carboxylic acids is 4. The van der Waals surface area contributed by atoms with Crippen molar-refractivity contribution in [3.05, 3.63) is 36.0 Å². The predicted octanol–water partition coefficient (Wildman–Crippen LogP) is 2.68. The Morgan fingerprint density at radius 2 is 1.89 bits per heavy atom. The Bertz CT molecular complexity index is 1120. The number of fused-ring (bicyclic) bond motifs is 1. The van der Waals surface area contributed by atoms with Gasteiger partial charge in [-0.3, -0.25) is 23.7 Å². The summed E-state index contributed by atoms with van der Waals surface area (Å²) in [6, 6.07) is 6.47. The summed E-state index contributed by atoms with van der Waals surface area (Å²) in [4.78, 5) is 51.0. The number of hydrogen-bond donors (Lipinski definition) is 2. The highest BCUT2D eigenvalue weighted by atomic mass is 32.2. The van der Waals surface area contributed by atoms with Gasteiger partial charge in [0.1, 0.15) is 11.6 Å². The number of ether oxygens (including phenoxy) is 2. The normalized spacial score (nSPS) is 16.4. The van der Waals surface area contributed by atoms with Crippen LogP contribution in [0.4, 0.5) is 0 Å². The number of aromatic nitrogens is 1. The van der Waals surface area contributed by atoms with Crippen LogP contribution in [0.15, 0.2) is 30.5 Å². The zero-order valence-electron chi connectivity index (χ0n) is 21.2. The van der Waals surface area contributed by atoms with Gasteiger partial charge in [0.15, 0.2) is 5.12 Å². The van der Waals surface area contributed by atoms with E-state index in [-0.39, 0.29) is 35.9 Å². The summed E-state index contributed by atoms with van der Waals surface area (Å²) in [5.41, 5.74) is 6.16. The van der Waals surface area contributed by atoms with Gasteiger partial charge in [-0.25, -0.2) is 0 Å². The SMILES string of the molecule is CCOC(=O)[C@@H](N)Cc1cn(C(=O)C(C)(C)NC(=O)[C@@H](SC(C)=O)C2CCOCC2)c2ccccc12. The topological polar surface area (TPSA) is 130 Å². The summed E-state index contributed by atoms with van der Waals surface area (Å²) < 4.78 is 11.9. The maximum absolute atomic E-state index is 13.7. The minimum atomic E-state index is -1.26. The molecule has 36 heavy (non-hydrogen) atoms. The fraction of sp³-hybridized carbons (Fsp3) is 0.538. The molecule has 0 saturated carbocycles. The van der Waals surface area contributed by atoms with Crippen molar-refractivity contribution in [1.29, 1.82) is 0 Å². The van der Waals surface area contributed by atoms with E-state index in [0.29, 0.717) is 31.6 Å². The van der Waals surface area contributed by atoms with Crippen LogP contribution >= 0.6 is 11.8 Å². The summed E-state index contributed by atoms with van der Waals surface area (Å²) in [7, 11) is 0. The Labute approximate surface area is 215 Å². The highest BCUT2D eigenvalue weighted by Crippen LogP contribution is 2.30. The number of benzene rings is 1. The minimum absolute atomic E-state index is 0.0121. The number of nitrogens with zero attached hydrogens (tertiary/aromatic N) is 1. The standard InChI is InChI=1S/C26H35N3O6S/c1-5-35-24(32)20(27)14-18-15-29(21-9-7-6-8-19(18)21)25(33)26(3,4)28-23(31)22(36-16(2)30)17-10-12-34-13-11-17/h6-9,15,17,20,22H,5,10-14,27H2,1-4H3,(H,28,31)/t20-,22-/m0/s1. The lowest BCUT2D eigenvalue weighted by molar-refractivity contribution is -0.144.